The highest BCUT2D eigenvalue weighted by atomic mass is 16.5. The summed E-state index contributed by atoms with van der Waals surface area (Å²) in [6.07, 6.45) is 1.85. The third-order valence-electron chi connectivity index (χ3n) is 5.65. The molecule has 2 atom stereocenters. The molecule has 0 saturated carbocycles. The SMILES string of the molecule is CC(C)CN1CCO[C@]2(CN(C(C)C)C[C@H]2c2ccnn2C(C)C)C1=O. The molecule has 26 heavy (non-hydrogen) atoms. The quantitative estimate of drug-likeness (QED) is 0.808. The summed E-state index contributed by atoms with van der Waals surface area (Å²) in [5.41, 5.74) is 0.326. The zero-order valence-electron chi connectivity index (χ0n) is 17.1. The van der Waals surface area contributed by atoms with Crippen LogP contribution in [0.2, 0.25) is 0 Å². The molecule has 2 aliphatic heterocycles. The average Bonchev–Trinajstić information content (AvgIpc) is 3.16. The van der Waals surface area contributed by atoms with E-state index in [9.17, 15) is 4.79 Å². The van der Waals surface area contributed by atoms with Gasteiger partial charge in [0.25, 0.3) is 5.91 Å². The first-order chi connectivity index (χ1) is 12.3. The van der Waals surface area contributed by atoms with Gasteiger partial charge in [0.1, 0.15) is 0 Å². The molecule has 0 aromatic carbocycles. The molecule has 0 aliphatic carbocycles. The van der Waals surface area contributed by atoms with E-state index in [1.807, 2.05) is 15.8 Å². The van der Waals surface area contributed by atoms with Crippen LogP contribution in [0.5, 0.6) is 0 Å². The second-order valence-electron chi connectivity index (χ2n) is 8.75. The van der Waals surface area contributed by atoms with Crippen LogP contribution in [0.3, 0.4) is 0 Å². The lowest BCUT2D eigenvalue weighted by Crippen LogP contribution is -2.61. The zero-order valence-corrected chi connectivity index (χ0v) is 17.1. The zero-order chi connectivity index (χ0) is 19.1. The van der Waals surface area contributed by atoms with E-state index in [4.69, 9.17) is 4.74 Å². The van der Waals surface area contributed by atoms with Crippen LogP contribution in [0.15, 0.2) is 12.3 Å². The molecule has 1 amide bonds. The van der Waals surface area contributed by atoms with Gasteiger partial charge in [-0.1, -0.05) is 13.8 Å². The molecular formula is C20H34N4O2. The maximum atomic E-state index is 13.6. The highest BCUT2D eigenvalue weighted by molar-refractivity contribution is 5.88. The molecule has 0 N–H and O–H groups in total. The van der Waals surface area contributed by atoms with Gasteiger partial charge in [-0.3, -0.25) is 14.4 Å². The minimum Gasteiger partial charge on any atom is -0.361 e. The summed E-state index contributed by atoms with van der Waals surface area (Å²) in [5, 5.41) is 4.52. The van der Waals surface area contributed by atoms with Gasteiger partial charge < -0.3 is 9.64 Å². The van der Waals surface area contributed by atoms with E-state index in [1.54, 1.807) is 0 Å². The fraction of sp³-hybridized carbons (Fsp3) is 0.800. The van der Waals surface area contributed by atoms with Gasteiger partial charge in [-0.2, -0.15) is 5.10 Å². The third-order valence-corrected chi connectivity index (χ3v) is 5.65. The van der Waals surface area contributed by atoms with E-state index in [1.165, 1.54) is 0 Å². The first kappa shape index (κ1) is 19.4. The van der Waals surface area contributed by atoms with Crippen molar-refractivity contribution in [3.8, 4) is 0 Å². The Hall–Kier alpha value is -1.40. The molecule has 6 heteroatoms. The molecule has 2 aliphatic rings. The summed E-state index contributed by atoms with van der Waals surface area (Å²) in [7, 11) is 0. The van der Waals surface area contributed by atoms with Gasteiger partial charge in [-0.25, -0.2) is 0 Å². The number of nitrogens with zero attached hydrogens (tertiary/aromatic N) is 4. The van der Waals surface area contributed by atoms with Gasteiger partial charge in [0.05, 0.1) is 12.5 Å². The number of carbonyl (C=O) groups is 1. The van der Waals surface area contributed by atoms with Gasteiger partial charge in [-0.05, 0) is 39.7 Å². The molecule has 1 aromatic rings. The topological polar surface area (TPSA) is 50.6 Å². The van der Waals surface area contributed by atoms with Gasteiger partial charge in [0.15, 0.2) is 5.60 Å². The van der Waals surface area contributed by atoms with Crippen molar-refractivity contribution in [3.63, 3.8) is 0 Å². The lowest BCUT2D eigenvalue weighted by Gasteiger charge is -2.43. The van der Waals surface area contributed by atoms with Gasteiger partial charge in [0, 0.05) is 50.2 Å². The molecule has 0 unspecified atom stereocenters. The molecule has 1 spiro atoms. The number of hydrogen-bond acceptors (Lipinski definition) is 4. The summed E-state index contributed by atoms with van der Waals surface area (Å²) in [4.78, 5) is 18.0. The Balaban J connectivity index is 2.00. The summed E-state index contributed by atoms with van der Waals surface area (Å²) >= 11 is 0. The number of ether oxygens (including phenoxy) is 1. The van der Waals surface area contributed by atoms with Crippen molar-refractivity contribution in [1.29, 1.82) is 0 Å². The van der Waals surface area contributed by atoms with E-state index in [2.05, 4.69) is 57.6 Å². The molecule has 146 valence electrons. The number of likely N-dealkylation sites (tertiary alicyclic amines) is 1. The maximum Gasteiger partial charge on any atom is 0.257 e. The Morgan fingerprint density at radius 1 is 1.23 bits per heavy atom. The molecule has 0 bridgehead atoms. The lowest BCUT2D eigenvalue weighted by molar-refractivity contribution is -0.173. The van der Waals surface area contributed by atoms with Crippen LogP contribution in [-0.4, -0.2) is 69.9 Å². The number of amides is 1. The van der Waals surface area contributed by atoms with Crippen molar-refractivity contribution >= 4 is 5.91 Å². The van der Waals surface area contributed by atoms with Crippen LogP contribution in [0.1, 0.15) is 59.2 Å². The lowest BCUT2D eigenvalue weighted by atomic mass is 9.85. The Morgan fingerprint density at radius 3 is 2.58 bits per heavy atom. The molecule has 0 radical (unpaired) electrons. The molecule has 2 fully saturated rings. The van der Waals surface area contributed by atoms with Crippen LogP contribution < -0.4 is 0 Å². The molecule has 3 rings (SSSR count). The number of rotatable bonds is 5. The van der Waals surface area contributed by atoms with Crippen molar-refractivity contribution in [2.45, 2.75) is 65.1 Å². The Bertz CT molecular complexity index is 640. The predicted octanol–water partition coefficient (Wildman–Crippen LogP) is 2.53. The largest absolute Gasteiger partial charge is 0.361 e. The molecule has 3 heterocycles. The van der Waals surface area contributed by atoms with E-state index in [-0.39, 0.29) is 17.9 Å². The molecule has 2 saturated heterocycles. The van der Waals surface area contributed by atoms with Crippen molar-refractivity contribution < 1.29 is 9.53 Å². The summed E-state index contributed by atoms with van der Waals surface area (Å²) in [6, 6.07) is 2.70. The Kier molecular flexibility index (Phi) is 5.45. The van der Waals surface area contributed by atoms with E-state index >= 15 is 0 Å². The minimum absolute atomic E-state index is 0.0114. The van der Waals surface area contributed by atoms with Crippen LogP contribution in [0.25, 0.3) is 0 Å². The first-order valence-electron chi connectivity index (χ1n) is 9.97. The Labute approximate surface area is 157 Å². The number of aromatic nitrogens is 2. The smallest absolute Gasteiger partial charge is 0.257 e. The fourth-order valence-corrected chi connectivity index (χ4v) is 4.36. The van der Waals surface area contributed by atoms with Crippen LogP contribution in [-0.2, 0) is 9.53 Å². The van der Waals surface area contributed by atoms with Gasteiger partial charge in [0.2, 0.25) is 0 Å². The normalized spacial score (nSPS) is 27.7. The van der Waals surface area contributed by atoms with Crippen LogP contribution >= 0.6 is 0 Å². The standard InChI is InChI=1S/C20H34N4O2/c1-14(2)11-22-9-10-26-20(19(22)25)13-23(15(3)4)12-17(20)18-7-8-21-24(18)16(5)6/h7-8,14-17H,9-13H2,1-6H3/t17-,20-/m0/s1. The number of carbonyl (C=O) groups excluding carboxylic acids is 1. The second kappa shape index (κ2) is 7.31. The van der Waals surface area contributed by atoms with E-state index < -0.39 is 5.60 Å². The van der Waals surface area contributed by atoms with Crippen LogP contribution in [0, 0.1) is 5.92 Å². The van der Waals surface area contributed by atoms with Gasteiger partial charge >= 0.3 is 0 Å². The average molecular weight is 363 g/mol. The first-order valence-corrected chi connectivity index (χ1v) is 9.97. The van der Waals surface area contributed by atoms with E-state index in [0.29, 0.717) is 31.7 Å². The summed E-state index contributed by atoms with van der Waals surface area (Å²) < 4.78 is 8.38. The van der Waals surface area contributed by atoms with Crippen molar-refractivity contribution in [1.82, 2.24) is 19.6 Å². The van der Waals surface area contributed by atoms with Gasteiger partial charge in [-0.15, -0.1) is 0 Å². The Morgan fingerprint density at radius 2 is 1.96 bits per heavy atom. The van der Waals surface area contributed by atoms with E-state index in [0.717, 1.165) is 18.8 Å². The predicted molar refractivity (Wildman–Crippen MR) is 102 cm³/mol. The molecule has 6 nitrogen and oxygen atoms in total. The second-order valence-corrected chi connectivity index (χ2v) is 8.75. The maximum absolute atomic E-state index is 13.6. The third kappa shape index (κ3) is 3.29. The fourth-order valence-electron chi connectivity index (χ4n) is 4.36. The highest BCUT2D eigenvalue weighted by Crippen LogP contribution is 2.43. The summed E-state index contributed by atoms with van der Waals surface area (Å²) in [5.74, 6) is 0.621. The highest BCUT2D eigenvalue weighted by Gasteiger charge is 2.58. The number of morpholine rings is 1. The van der Waals surface area contributed by atoms with Crippen molar-refractivity contribution in [2.75, 3.05) is 32.8 Å². The minimum atomic E-state index is -0.788. The van der Waals surface area contributed by atoms with Crippen molar-refractivity contribution in [2.24, 2.45) is 5.92 Å². The molecular weight excluding hydrogens is 328 g/mol. The monoisotopic (exact) mass is 362 g/mol. The number of hydrogen-bond donors (Lipinski definition) is 0. The van der Waals surface area contributed by atoms with Crippen LogP contribution in [0.4, 0.5) is 0 Å². The molecule has 1 aromatic heterocycles. The summed E-state index contributed by atoms with van der Waals surface area (Å²) in [6.45, 7) is 16.5. The van der Waals surface area contributed by atoms with Crippen molar-refractivity contribution in [3.05, 3.63) is 18.0 Å².